The fraction of sp³-hybridized carbons (Fsp3) is 0.200. The zero-order valence-corrected chi connectivity index (χ0v) is 10.6. The first-order valence-corrected chi connectivity index (χ1v) is 6.12. The van der Waals surface area contributed by atoms with E-state index in [1.165, 1.54) is 17.5 Å². The Labute approximate surface area is 107 Å². The van der Waals surface area contributed by atoms with E-state index in [4.69, 9.17) is 17.3 Å². The molecule has 0 saturated carbocycles. The second kappa shape index (κ2) is 4.77. The largest absolute Gasteiger partial charge is 0.396 e. The molecular formula is C10H11ClN4OS. The predicted octanol–water partition coefficient (Wildman–Crippen LogP) is 2.20. The molecule has 0 fully saturated rings. The molecule has 0 aliphatic heterocycles. The molecule has 0 saturated heterocycles. The van der Waals surface area contributed by atoms with Gasteiger partial charge in [0, 0.05) is 4.88 Å². The lowest BCUT2D eigenvalue weighted by Gasteiger charge is -2.11. The van der Waals surface area contributed by atoms with Crippen LogP contribution in [0.15, 0.2) is 18.3 Å². The third-order valence-corrected chi connectivity index (χ3v) is 3.68. The van der Waals surface area contributed by atoms with Crippen LogP contribution in [-0.4, -0.2) is 16.1 Å². The van der Waals surface area contributed by atoms with Crippen LogP contribution in [-0.2, 0) is 0 Å². The fourth-order valence-corrected chi connectivity index (χ4v) is 2.44. The lowest BCUT2D eigenvalue weighted by molar-refractivity contribution is 0.0936. The molecule has 0 spiro atoms. The number of thiophene rings is 1. The molecule has 0 aromatic carbocycles. The van der Waals surface area contributed by atoms with Crippen molar-refractivity contribution in [1.82, 2.24) is 15.5 Å². The summed E-state index contributed by atoms with van der Waals surface area (Å²) < 4.78 is 0.696. The Hall–Kier alpha value is -1.53. The van der Waals surface area contributed by atoms with Crippen LogP contribution in [0.4, 0.5) is 5.69 Å². The van der Waals surface area contributed by atoms with E-state index in [0.29, 0.717) is 10.0 Å². The van der Waals surface area contributed by atoms with Gasteiger partial charge in [0.2, 0.25) is 0 Å². The molecule has 2 heterocycles. The number of nitrogen functional groups attached to an aromatic ring is 1. The van der Waals surface area contributed by atoms with Crippen molar-refractivity contribution >= 4 is 34.5 Å². The van der Waals surface area contributed by atoms with Gasteiger partial charge < -0.3 is 11.1 Å². The summed E-state index contributed by atoms with van der Waals surface area (Å²) in [4.78, 5) is 12.8. The van der Waals surface area contributed by atoms with E-state index in [-0.39, 0.29) is 17.6 Å². The van der Waals surface area contributed by atoms with Crippen LogP contribution in [0.3, 0.4) is 0 Å². The first-order valence-electron chi connectivity index (χ1n) is 4.93. The highest BCUT2D eigenvalue weighted by Crippen LogP contribution is 2.26. The van der Waals surface area contributed by atoms with Gasteiger partial charge >= 0.3 is 0 Å². The Morgan fingerprint density at radius 3 is 2.94 bits per heavy atom. The number of aromatic amines is 1. The minimum absolute atomic E-state index is 0.123. The van der Waals surface area contributed by atoms with E-state index in [2.05, 4.69) is 15.5 Å². The standard InChI is InChI=1S/C10H11ClN4OS/c1-5(7-2-3-8(11)17-7)14-10(16)9-6(12)4-13-15-9/h2-5H,12H2,1H3,(H,13,15)(H,14,16). The highest BCUT2D eigenvalue weighted by Gasteiger charge is 2.16. The monoisotopic (exact) mass is 270 g/mol. The molecule has 5 nitrogen and oxygen atoms in total. The summed E-state index contributed by atoms with van der Waals surface area (Å²) in [6.45, 7) is 1.88. The Kier molecular flexibility index (Phi) is 3.35. The van der Waals surface area contributed by atoms with E-state index >= 15 is 0 Å². The van der Waals surface area contributed by atoms with E-state index < -0.39 is 0 Å². The van der Waals surface area contributed by atoms with Crippen molar-refractivity contribution in [1.29, 1.82) is 0 Å². The number of anilines is 1. The van der Waals surface area contributed by atoms with Gasteiger partial charge in [-0.1, -0.05) is 11.6 Å². The first-order chi connectivity index (χ1) is 8.08. The summed E-state index contributed by atoms with van der Waals surface area (Å²) in [6.07, 6.45) is 1.40. The maximum atomic E-state index is 11.8. The quantitative estimate of drug-likeness (QED) is 0.799. The van der Waals surface area contributed by atoms with E-state index in [1.54, 1.807) is 6.07 Å². The number of hydrogen-bond donors (Lipinski definition) is 3. The Morgan fingerprint density at radius 1 is 1.65 bits per heavy atom. The number of nitrogens with one attached hydrogen (secondary N) is 2. The van der Waals surface area contributed by atoms with Gasteiger partial charge in [-0.15, -0.1) is 11.3 Å². The van der Waals surface area contributed by atoms with Gasteiger partial charge in [0.1, 0.15) is 5.69 Å². The molecular weight excluding hydrogens is 260 g/mol. The zero-order chi connectivity index (χ0) is 12.4. The van der Waals surface area contributed by atoms with E-state index in [9.17, 15) is 4.79 Å². The van der Waals surface area contributed by atoms with Crippen molar-refractivity contribution in [2.24, 2.45) is 0 Å². The van der Waals surface area contributed by atoms with E-state index in [1.807, 2.05) is 13.0 Å². The van der Waals surface area contributed by atoms with Gasteiger partial charge in [-0.2, -0.15) is 5.10 Å². The average Bonchev–Trinajstić information content (AvgIpc) is 2.86. The molecule has 4 N–H and O–H groups in total. The lowest BCUT2D eigenvalue weighted by Crippen LogP contribution is -2.27. The van der Waals surface area contributed by atoms with Gasteiger partial charge in [-0.05, 0) is 19.1 Å². The first kappa shape index (κ1) is 11.9. The molecule has 0 bridgehead atoms. The van der Waals surface area contributed by atoms with Crippen LogP contribution in [0, 0.1) is 0 Å². The number of nitrogens with two attached hydrogens (primary N) is 1. The van der Waals surface area contributed by atoms with Gasteiger partial charge in [-0.25, -0.2) is 0 Å². The molecule has 1 amide bonds. The molecule has 17 heavy (non-hydrogen) atoms. The molecule has 90 valence electrons. The summed E-state index contributed by atoms with van der Waals surface area (Å²) in [6, 6.07) is 3.56. The number of rotatable bonds is 3. The molecule has 0 aliphatic rings. The van der Waals surface area contributed by atoms with Crippen molar-refractivity contribution in [3.8, 4) is 0 Å². The molecule has 1 unspecified atom stereocenters. The summed E-state index contributed by atoms with van der Waals surface area (Å²) in [5.41, 5.74) is 6.20. The molecule has 2 aromatic rings. The van der Waals surface area contributed by atoms with Crippen LogP contribution in [0.25, 0.3) is 0 Å². The average molecular weight is 271 g/mol. The molecule has 1 atom stereocenters. The summed E-state index contributed by atoms with van der Waals surface area (Å²) in [5.74, 6) is -0.281. The number of hydrogen-bond acceptors (Lipinski definition) is 4. The van der Waals surface area contributed by atoms with Crippen molar-refractivity contribution in [2.45, 2.75) is 13.0 Å². The smallest absolute Gasteiger partial charge is 0.271 e. The summed E-state index contributed by atoms with van der Waals surface area (Å²) >= 11 is 7.27. The van der Waals surface area contributed by atoms with Crippen LogP contribution in [0.2, 0.25) is 4.34 Å². The minimum Gasteiger partial charge on any atom is -0.396 e. The van der Waals surface area contributed by atoms with Gasteiger partial charge in [-0.3, -0.25) is 9.89 Å². The fourth-order valence-electron chi connectivity index (χ4n) is 1.38. The lowest BCUT2D eigenvalue weighted by atomic mass is 10.2. The maximum absolute atomic E-state index is 11.8. The molecule has 0 aliphatic carbocycles. The summed E-state index contributed by atoms with van der Waals surface area (Å²) in [5, 5.41) is 9.07. The van der Waals surface area contributed by atoms with Crippen LogP contribution >= 0.6 is 22.9 Å². The highest BCUT2D eigenvalue weighted by atomic mass is 35.5. The number of nitrogens with zero attached hydrogens (tertiary/aromatic N) is 1. The van der Waals surface area contributed by atoms with Crippen LogP contribution < -0.4 is 11.1 Å². The molecule has 0 radical (unpaired) electrons. The Bertz CT molecular complexity index is 536. The van der Waals surface area contributed by atoms with Gasteiger partial charge in [0.05, 0.1) is 22.3 Å². The maximum Gasteiger partial charge on any atom is 0.271 e. The number of carbonyl (C=O) groups is 1. The van der Waals surface area contributed by atoms with Crippen molar-refractivity contribution in [2.75, 3.05) is 5.73 Å². The second-order valence-corrected chi connectivity index (χ2v) is 5.28. The molecule has 2 rings (SSSR count). The SMILES string of the molecule is CC(NC(=O)c1[nH]ncc1N)c1ccc(Cl)s1. The van der Waals surface area contributed by atoms with Crippen LogP contribution in [0.5, 0.6) is 0 Å². The molecule has 2 aromatic heterocycles. The second-order valence-electron chi connectivity index (χ2n) is 3.54. The number of aromatic nitrogens is 2. The number of halogens is 1. The normalized spacial score (nSPS) is 12.4. The predicted molar refractivity (Wildman–Crippen MR) is 68.2 cm³/mol. The van der Waals surface area contributed by atoms with Crippen LogP contribution in [0.1, 0.15) is 28.3 Å². The number of amides is 1. The topological polar surface area (TPSA) is 83.8 Å². The zero-order valence-electron chi connectivity index (χ0n) is 9.03. The van der Waals surface area contributed by atoms with E-state index in [0.717, 1.165) is 4.88 Å². The Balaban J connectivity index is 2.07. The molecule has 7 heteroatoms. The highest BCUT2D eigenvalue weighted by molar-refractivity contribution is 7.16. The van der Waals surface area contributed by atoms with Gasteiger partial charge in [0.25, 0.3) is 5.91 Å². The third kappa shape index (κ3) is 2.59. The minimum atomic E-state index is -0.281. The Morgan fingerprint density at radius 2 is 2.41 bits per heavy atom. The van der Waals surface area contributed by atoms with Gasteiger partial charge in [0.15, 0.2) is 0 Å². The number of carbonyl (C=O) groups excluding carboxylic acids is 1. The third-order valence-electron chi connectivity index (χ3n) is 2.26. The van der Waals surface area contributed by atoms with Crippen molar-refractivity contribution in [3.05, 3.63) is 33.2 Å². The summed E-state index contributed by atoms with van der Waals surface area (Å²) in [7, 11) is 0. The van der Waals surface area contributed by atoms with Crippen molar-refractivity contribution in [3.63, 3.8) is 0 Å². The number of H-pyrrole nitrogens is 1. The van der Waals surface area contributed by atoms with Crippen molar-refractivity contribution < 1.29 is 4.79 Å².